The molecule has 0 saturated carbocycles. The van der Waals surface area contributed by atoms with Crippen molar-refractivity contribution in [1.82, 2.24) is 15.1 Å². The van der Waals surface area contributed by atoms with E-state index >= 15 is 0 Å². The van der Waals surface area contributed by atoms with Gasteiger partial charge in [-0.15, -0.1) is 0 Å². The molecule has 0 unspecified atom stereocenters. The Morgan fingerprint density at radius 2 is 1.78 bits per heavy atom. The molecular weight excluding hydrogens is 485 g/mol. The van der Waals surface area contributed by atoms with Gasteiger partial charge in [0.15, 0.2) is 0 Å². The van der Waals surface area contributed by atoms with E-state index in [2.05, 4.69) is 5.32 Å². The van der Waals surface area contributed by atoms with Gasteiger partial charge in [-0.1, -0.05) is 18.2 Å². The number of hydrogen-bond donors (Lipinski definition) is 1. The molecule has 0 radical (unpaired) electrons. The summed E-state index contributed by atoms with van der Waals surface area (Å²) in [6, 6.07) is 10.1. The number of esters is 1. The quantitative estimate of drug-likeness (QED) is 0.496. The average Bonchev–Trinajstić information content (AvgIpc) is 2.91. The van der Waals surface area contributed by atoms with Crippen molar-refractivity contribution in [2.45, 2.75) is 18.5 Å². The van der Waals surface area contributed by atoms with Crippen LogP contribution in [0.15, 0.2) is 48.5 Å². The van der Waals surface area contributed by atoms with E-state index in [4.69, 9.17) is 14.2 Å². The van der Waals surface area contributed by atoms with Crippen molar-refractivity contribution in [2.24, 2.45) is 0 Å². The Labute approximate surface area is 214 Å². The monoisotopic (exact) mass is 515 g/mol. The summed E-state index contributed by atoms with van der Waals surface area (Å²) < 4.78 is 28.6. The predicted octanol–water partition coefficient (Wildman–Crippen LogP) is 1.03. The molecule has 1 heterocycles. The van der Waals surface area contributed by atoms with Gasteiger partial charge in [0.05, 0.1) is 20.8 Å². The normalized spacial score (nSPS) is 16.1. The second kappa shape index (κ2) is 12.8. The van der Waals surface area contributed by atoms with Crippen LogP contribution in [0, 0.1) is 5.82 Å². The van der Waals surface area contributed by atoms with E-state index in [0.717, 1.165) is 11.6 Å². The number of carbonyl (C=O) groups excluding carboxylic acids is 4. The van der Waals surface area contributed by atoms with Crippen molar-refractivity contribution in [2.75, 3.05) is 47.6 Å². The number of benzene rings is 2. The van der Waals surface area contributed by atoms with Gasteiger partial charge in [-0.3, -0.25) is 14.4 Å². The molecule has 2 aromatic rings. The maximum absolute atomic E-state index is 13.7. The molecule has 1 saturated heterocycles. The predicted molar refractivity (Wildman–Crippen MR) is 130 cm³/mol. The van der Waals surface area contributed by atoms with Gasteiger partial charge < -0.3 is 29.3 Å². The number of nitrogens with zero attached hydrogens (tertiary/aromatic N) is 2. The van der Waals surface area contributed by atoms with Crippen LogP contribution >= 0.6 is 0 Å². The average molecular weight is 516 g/mol. The zero-order chi connectivity index (χ0) is 26.9. The van der Waals surface area contributed by atoms with Gasteiger partial charge >= 0.3 is 5.97 Å². The molecule has 10 nitrogen and oxygen atoms in total. The van der Waals surface area contributed by atoms with Crippen molar-refractivity contribution in [3.63, 3.8) is 0 Å². The highest BCUT2D eigenvalue weighted by Gasteiger charge is 2.38. The van der Waals surface area contributed by atoms with Gasteiger partial charge in [0, 0.05) is 32.2 Å². The van der Waals surface area contributed by atoms with Crippen molar-refractivity contribution >= 4 is 23.7 Å². The Kier molecular flexibility index (Phi) is 9.56. The molecule has 3 amide bonds. The summed E-state index contributed by atoms with van der Waals surface area (Å²) in [6.45, 7) is -0.204. The summed E-state index contributed by atoms with van der Waals surface area (Å²) in [5.41, 5.74) is 0.873. The lowest BCUT2D eigenvalue weighted by Gasteiger charge is -2.40. The highest BCUT2D eigenvalue weighted by molar-refractivity contribution is 5.96. The summed E-state index contributed by atoms with van der Waals surface area (Å²) in [4.78, 5) is 54.3. The van der Waals surface area contributed by atoms with Gasteiger partial charge in [0.25, 0.3) is 5.91 Å². The molecule has 37 heavy (non-hydrogen) atoms. The second-order valence-corrected chi connectivity index (χ2v) is 8.43. The van der Waals surface area contributed by atoms with Crippen LogP contribution in [-0.2, 0) is 30.3 Å². The highest BCUT2D eigenvalue weighted by Crippen LogP contribution is 2.17. The minimum Gasteiger partial charge on any atom is -0.497 e. The maximum Gasteiger partial charge on any atom is 0.328 e. The lowest BCUT2D eigenvalue weighted by molar-refractivity contribution is -0.149. The van der Waals surface area contributed by atoms with Crippen molar-refractivity contribution in [1.29, 1.82) is 0 Å². The number of methoxy groups -OCH3 is 3. The Morgan fingerprint density at radius 1 is 1.05 bits per heavy atom. The smallest absolute Gasteiger partial charge is 0.328 e. The van der Waals surface area contributed by atoms with Crippen LogP contribution < -0.4 is 10.1 Å². The lowest BCUT2D eigenvalue weighted by atomic mass is 10.0. The summed E-state index contributed by atoms with van der Waals surface area (Å²) in [5.74, 6) is -2.13. The van der Waals surface area contributed by atoms with E-state index in [1.807, 2.05) is 0 Å². The summed E-state index contributed by atoms with van der Waals surface area (Å²) >= 11 is 0. The number of carbonyl (C=O) groups is 4. The zero-order valence-corrected chi connectivity index (χ0v) is 20.9. The SMILES string of the molecule is COCC(=O)N1CCN(C(=O)c2cccc(F)c2)C[C@H]1C(=O)N[C@@H](Cc1ccc(OC)cc1)C(=O)OC. The molecule has 2 atom stereocenters. The minimum absolute atomic E-state index is 0.0582. The van der Waals surface area contributed by atoms with Crippen molar-refractivity contribution in [3.8, 4) is 5.75 Å². The lowest BCUT2D eigenvalue weighted by Crippen LogP contribution is -2.63. The summed E-state index contributed by atoms with van der Waals surface area (Å²) in [5, 5.41) is 2.67. The van der Waals surface area contributed by atoms with Gasteiger partial charge in [-0.05, 0) is 35.9 Å². The fraction of sp³-hybridized carbons (Fsp3) is 0.385. The Hall–Kier alpha value is -3.99. The highest BCUT2D eigenvalue weighted by atomic mass is 19.1. The summed E-state index contributed by atoms with van der Waals surface area (Å²) in [7, 11) is 4.11. The first-order valence-electron chi connectivity index (χ1n) is 11.6. The van der Waals surface area contributed by atoms with E-state index in [1.54, 1.807) is 24.3 Å². The van der Waals surface area contributed by atoms with E-state index < -0.39 is 41.6 Å². The number of hydrogen-bond acceptors (Lipinski definition) is 7. The van der Waals surface area contributed by atoms with Crippen molar-refractivity contribution < 1.29 is 37.8 Å². The van der Waals surface area contributed by atoms with E-state index in [1.165, 1.54) is 49.3 Å². The number of rotatable bonds is 9. The molecule has 1 fully saturated rings. The van der Waals surface area contributed by atoms with Crippen LogP contribution in [-0.4, -0.2) is 93.1 Å². The maximum atomic E-state index is 13.7. The van der Waals surface area contributed by atoms with Crippen LogP contribution in [0.3, 0.4) is 0 Å². The van der Waals surface area contributed by atoms with Gasteiger partial charge in [-0.2, -0.15) is 0 Å². The third-order valence-corrected chi connectivity index (χ3v) is 6.03. The molecule has 198 valence electrons. The Balaban J connectivity index is 1.81. The molecule has 0 spiro atoms. The molecular formula is C26H30FN3O7. The number of ether oxygens (including phenoxy) is 3. The minimum atomic E-state index is -1.10. The van der Waals surface area contributed by atoms with Gasteiger partial charge in [0.2, 0.25) is 11.8 Å². The standard InChI is InChI=1S/C26H30FN3O7/c1-35-16-23(31)30-12-11-29(25(33)18-5-4-6-19(27)14-18)15-22(30)24(32)28-21(26(34)37-3)13-17-7-9-20(36-2)10-8-17/h4-10,14,21-22H,11-13,15-16H2,1-3H3,(H,28,32)/t21-,22-/m0/s1. The molecule has 1 N–H and O–H groups in total. The first-order chi connectivity index (χ1) is 17.8. The molecule has 1 aliphatic rings. The second-order valence-electron chi connectivity index (χ2n) is 8.43. The van der Waals surface area contributed by atoms with Gasteiger partial charge in [0.1, 0.15) is 30.3 Å². The third-order valence-electron chi connectivity index (χ3n) is 6.03. The largest absolute Gasteiger partial charge is 0.497 e. The number of piperazine rings is 1. The fourth-order valence-electron chi connectivity index (χ4n) is 4.10. The Bertz CT molecular complexity index is 1130. The molecule has 1 aliphatic heterocycles. The van der Waals surface area contributed by atoms with Crippen LogP contribution in [0.5, 0.6) is 5.75 Å². The van der Waals surface area contributed by atoms with E-state index in [9.17, 15) is 23.6 Å². The van der Waals surface area contributed by atoms with E-state index in [-0.39, 0.29) is 38.2 Å². The third kappa shape index (κ3) is 7.04. The van der Waals surface area contributed by atoms with Crippen LogP contribution in [0.1, 0.15) is 15.9 Å². The zero-order valence-electron chi connectivity index (χ0n) is 20.9. The first-order valence-corrected chi connectivity index (χ1v) is 11.6. The van der Waals surface area contributed by atoms with Crippen molar-refractivity contribution in [3.05, 3.63) is 65.5 Å². The van der Waals surface area contributed by atoms with Crippen LogP contribution in [0.4, 0.5) is 4.39 Å². The van der Waals surface area contributed by atoms with Crippen LogP contribution in [0.2, 0.25) is 0 Å². The summed E-state index contributed by atoms with van der Waals surface area (Å²) in [6.07, 6.45) is 0.132. The van der Waals surface area contributed by atoms with Crippen LogP contribution in [0.25, 0.3) is 0 Å². The fourth-order valence-corrected chi connectivity index (χ4v) is 4.10. The number of nitrogens with one attached hydrogen (secondary N) is 1. The molecule has 0 aromatic heterocycles. The molecule has 2 aromatic carbocycles. The number of halogens is 1. The van der Waals surface area contributed by atoms with E-state index in [0.29, 0.717) is 5.75 Å². The molecule has 11 heteroatoms. The molecule has 0 aliphatic carbocycles. The van der Waals surface area contributed by atoms with Gasteiger partial charge in [-0.25, -0.2) is 9.18 Å². The Morgan fingerprint density at radius 3 is 2.41 bits per heavy atom. The number of amides is 3. The molecule has 3 rings (SSSR count). The first kappa shape index (κ1) is 27.6. The molecule has 0 bridgehead atoms. The topological polar surface area (TPSA) is 114 Å².